The molecule has 4 rings (SSSR count). The average Bonchev–Trinajstić information content (AvgIpc) is 3.29. The zero-order chi connectivity index (χ0) is 22.9. The molecule has 0 unspecified atom stereocenters. The van der Waals surface area contributed by atoms with Gasteiger partial charge in [-0.25, -0.2) is 13.1 Å². The highest BCUT2D eigenvalue weighted by molar-refractivity contribution is 7.89. The molecule has 1 aromatic carbocycles. The molecule has 10 heteroatoms. The van der Waals surface area contributed by atoms with Gasteiger partial charge in [0.1, 0.15) is 0 Å². The highest BCUT2D eigenvalue weighted by Crippen LogP contribution is 2.28. The molecule has 2 aliphatic heterocycles. The van der Waals surface area contributed by atoms with Crippen LogP contribution in [0.1, 0.15) is 55.7 Å². The van der Waals surface area contributed by atoms with Crippen LogP contribution in [0.2, 0.25) is 0 Å². The number of nitrogens with zero attached hydrogens (tertiary/aromatic N) is 5. The SMILES string of the molecule is CC(C)(C)c1ccc(S(=O)(=O)N2CCC(n3cc(C(=O)N4CCOCC4)nn3)CC2)cc1. The maximum atomic E-state index is 13.1. The van der Waals surface area contributed by atoms with Crippen molar-refractivity contribution in [3.8, 4) is 0 Å². The fraction of sp³-hybridized carbons (Fsp3) is 0.591. The number of benzene rings is 1. The van der Waals surface area contributed by atoms with Gasteiger partial charge >= 0.3 is 0 Å². The normalized spacial score (nSPS) is 19.3. The molecule has 0 bridgehead atoms. The fourth-order valence-corrected chi connectivity index (χ4v) is 5.57. The smallest absolute Gasteiger partial charge is 0.276 e. The van der Waals surface area contributed by atoms with Crippen LogP contribution in [0.4, 0.5) is 0 Å². The topological polar surface area (TPSA) is 97.6 Å². The lowest BCUT2D eigenvalue weighted by atomic mass is 9.87. The third kappa shape index (κ3) is 4.72. The quantitative estimate of drug-likeness (QED) is 0.691. The fourth-order valence-electron chi connectivity index (χ4n) is 4.10. The van der Waals surface area contributed by atoms with Crippen LogP contribution in [-0.2, 0) is 20.2 Å². The highest BCUT2D eigenvalue weighted by Gasteiger charge is 2.31. The Kier molecular flexibility index (Phi) is 6.37. The molecule has 32 heavy (non-hydrogen) atoms. The van der Waals surface area contributed by atoms with Crippen molar-refractivity contribution in [2.24, 2.45) is 0 Å². The largest absolute Gasteiger partial charge is 0.378 e. The van der Waals surface area contributed by atoms with Gasteiger partial charge in [0.05, 0.1) is 30.3 Å². The minimum Gasteiger partial charge on any atom is -0.378 e. The lowest BCUT2D eigenvalue weighted by molar-refractivity contribution is 0.0299. The lowest BCUT2D eigenvalue weighted by Crippen LogP contribution is -2.40. The van der Waals surface area contributed by atoms with E-state index in [2.05, 4.69) is 31.1 Å². The predicted molar refractivity (Wildman–Crippen MR) is 119 cm³/mol. The van der Waals surface area contributed by atoms with Gasteiger partial charge in [-0.2, -0.15) is 4.31 Å². The van der Waals surface area contributed by atoms with E-state index in [-0.39, 0.29) is 17.4 Å². The third-order valence-corrected chi connectivity index (χ3v) is 8.10. The standard InChI is InChI=1S/C22H31N5O4S/c1-22(2,3)17-4-6-19(7-5-17)32(29,30)26-10-8-18(9-11-26)27-16-20(23-24-27)21(28)25-12-14-31-15-13-25/h4-7,16,18H,8-15H2,1-3H3. The van der Waals surface area contributed by atoms with E-state index >= 15 is 0 Å². The molecule has 0 spiro atoms. The first-order valence-corrected chi connectivity index (χ1v) is 12.5. The number of hydrogen-bond acceptors (Lipinski definition) is 6. The number of morpholine rings is 1. The zero-order valence-electron chi connectivity index (χ0n) is 18.9. The third-order valence-electron chi connectivity index (χ3n) is 6.18. The minimum absolute atomic E-state index is 0.0171. The van der Waals surface area contributed by atoms with Crippen molar-refractivity contribution in [2.75, 3.05) is 39.4 Å². The monoisotopic (exact) mass is 461 g/mol. The number of rotatable bonds is 4. The Hall–Kier alpha value is -2.30. The Morgan fingerprint density at radius 3 is 2.25 bits per heavy atom. The van der Waals surface area contributed by atoms with Crippen LogP contribution in [0.5, 0.6) is 0 Å². The van der Waals surface area contributed by atoms with E-state index in [0.717, 1.165) is 5.56 Å². The Bertz CT molecular complexity index is 1040. The second-order valence-corrected chi connectivity index (χ2v) is 11.3. The zero-order valence-corrected chi connectivity index (χ0v) is 19.7. The Morgan fingerprint density at radius 2 is 1.66 bits per heavy atom. The first-order valence-electron chi connectivity index (χ1n) is 11.1. The Morgan fingerprint density at radius 1 is 1.03 bits per heavy atom. The molecule has 2 fully saturated rings. The first kappa shape index (κ1) is 22.9. The van der Waals surface area contributed by atoms with E-state index in [1.807, 2.05) is 12.1 Å². The predicted octanol–water partition coefficient (Wildman–Crippen LogP) is 2.07. The van der Waals surface area contributed by atoms with Gasteiger partial charge in [0, 0.05) is 26.2 Å². The van der Waals surface area contributed by atoms with Crippen LogP contribution >= 0.6 is 0 Å². The van der Waals surface area contributed by atoms with Crippen LogP contribution in [0.15, 0.2) is 35.4 Å². The lowest BCUT2D eigenvalue weighted by Gasteiger charge is -2.31. The molecule has 1 amide bonds. The van der Waals surface area contributed by atoms with Gasteiger partial charge in [0.2, 0.25) is 10.0 Å². The van der Waals surface area contributed by atoms with Crippen molar-refractivity contribution in [3.05, 3.63) is 41.7 Å². The van der Waals surface area contributed by atoms with Crippen molar-refractivity contribution >= 4 is 15.9 Å². The number of ether oxygens (including phenoxy) is 1. The molecule has 0 N–H and O–H groups in total. The molecular formula is C22H31N5O4S. The van der Waals surface area contributed by atoms with Gasteiger partial charge in [-0.15, -0.1) is 5.10 Å². The molecule has 0 saturated carbocycles. The molecule has 9 nitrogen and oxygen atoms in total. The van der Waals surface area contributed by atoms with Crippen LogP contribution in [0, 0.1) is 0 Å². The van der Waals surface area contributed by atoms with Crippen molar-refractivity contribution in [2.45, 2.75) is 50.0 Å². The second kappa shape index (κ2) is 8.92. The molecule has 0 atom stereocenters. The number of aromatic nitrogens is 3. The summed E-state index contributed by atoms with van der Waals surface area (Å²) in [5, 5.41) is 8.21. The maximum absolute atomic E-state index is 13.1. The van der Waals surface area contributed by atoms with Gasteiger partial charge in [-0.05, 0) is 36.0 Å². The summed E-state index contributed by atoms with van der Waals surface area (Å²) in [4.78, 5) is 14.6. The summed E-state index contributed by atoms with van der Waals surface area (Å²) in [5.74, 6) is -0.140. The summed E-state index contributed by atoms with van der Waals surface area (Å²) >= 11 is 0. The van der Waals surface area contributed by atoms with E-state index < -0.39 is 10.0 Å². The van der Waals surface area contributed by atoms with Crippen molar-refractivity contribution in [3.63, 3.8) is 0 Å². The van der Waals surface area contributed by atoms with E-state index in [1.54, 1.807) is 27.9 Å². The number of sulfonamides is 1. The van der Waals surface area contributed by atoms with E-state index in [4.69, 9.17) is 4.74 Å². The van der Waals surface area contributed by atoms with Crippen molar-refractivity contribution in [1.82, 2.24) is 24.2 Å². The van der Waals surface area contributed by atoms with Gasteiger partial charge in [-0.1, -0.05) is 38.1 Å². The van der Waals surface area contributed by atoms with Crippen molar-refractivity contribution < 1.29 is 17.9 Å². The summed E-state index contributed by atoms with van der Waals surface area (Å²) < 4.78 is 34.7. The number of carbonyl (C=O) groups excluding carboxylic acids is 1. The molecule has 0 radical (unpaired) electrons. The Labute approximate surface area is 189 Å². The molecule has 0 aliphatic carbocycles. The molecular weight excluding hydrogens is 430 g/mol. The number of hydrogen-bond donors (Lipinski definition) is 0. The average molecular weight is 462 g/mol. The summed E-state index contributed by atoms with van der Waals surface area (Å²) in [6.07, 6.45) is 2.92. The molecule has 1 aromatic heterocycles. The summed E-state index contributed by atoms with van der Waals surface area (Å²) in [5.41, 5.74) is 1.39. The van der Waals surface area contributed by atoms with Gasteiger partial charge in [0.25, 0.3) is 5.91 Å². The van der Waals surface area contributed by atoms with Crippen LogP contribution in [0.25, 0.3) is 0 Å². The molecule has 2 saturated heterocycles. The molecule has 2 aromatic rings. The van der Waals surface area contributed by atoms with E-state index in [0.29, 0.717) is 62.8 Å². The maximum Gasteiger partial charge on any atom is 0.276 e. The minimum atomic E-state index is -3.54. The number of piperidine rings is 1. The molecule has 174 valence electrons. The number of amides is 1. The van der Waals surface area contributed by atoms with E-state index in [9.17, 15) is 13.2 Å². The summed E-state index contributed by atoms with van der Waals surface area (Å²) in [6, 6.07) is 7.19. The van der Waals surface area contributed by atoms with E-state index in [1.165, 1.54) is 4.31 Å². The van der Waals surface area contributed by atoms with Crippen LogP contribution in [0.3, 0.4) is 0 Å². The highest BCUT2D eigenvalue weighted by atomic mass is 32.2. The second-order valence-electron chi connectivity index (χ2n) is 9.40. The molecule has 3 heterocycles. The van der Waals surface area contributed by atoms with Crippen LogP contribution < -0.4 is 0 Å². The summed E-state index contributed by atoms with van der Waals surface area (Å²) in [7, 11) is -3.54. The van der Waals surface area contributed by atoms with Gasteiger partial charge in [-0.3, -0.25) is 4.79 Å². The number of carbonyl (C=O) groups is 1. The van der Waals surface area contributed by atoms with Gasteiger partial charge < -0.3 is 9.64 Å². The van der Waals surface area contributed by atoms with Crippen LogP contribution in [-0.4, -0.2) is 77.9 Å². The Balaban J connectivity index is 1.39. The first-order chi connectivity index (χ1) is 15.2. The van der Waals surface area contributed by atoms with Crippen molar-refractivity contribution in [1.29, 1.82) is 0 Å². The molecule has 2 aliphatic rings. The summed E-state index contributed by atoms with van der Waals surface area (Å²) in [6.45, 7) is 9.29. The van der Waals surface area contributed by atoms with Gasteiger partial charge in [0.15, 0.2) is 5.69 Å².